The highest BCUT2D eigenvalue weighted by Gasteiger charge is 2.40. The third kappa shape index (κ3) is 7.24. The van der Waals surface area contributed by atoms with Gasteiger partial charge in [-0.2, -0.15) is 18.3 Å². The molecule has 0 radical (unpaired) electrons. The van der Waals surface area contributed by atoms with E-state index in [1.165, 1.54) is 7.11 Å². The van der Waals surface area contributed by atoms with Gasteiger partial charge in [-0.25, -0.2) is 14.6 Å². The average Bonchev–Trinajstić information content (AvgIpc) is 3.37. The number of benzene rings is 1. The molecule has 2 unspecified atom stereocenters. The van der Waals surface area contributed by atoms with Crippen LogP contribution in [0.4, 0.5) is 24.8 Å². The quantitative estimate of drug-likeness (QED) is 0.355. The topological polar surface area (TPSA) is 115 Å². The molecule has 0 saturated carbocycles. The van der Waals surface area contributed by atoms with Crippen molar-refractivity contribution in [1.29, 1.82) is 0 Å². The first-order chi connectivity index (χ1) is 21.0. The maximum absolute atomic E-state index is 14.0. The number of halogens is 4. The molecule has 0 aliphatic carbocycles. The second kappa shape index (κ2) is 13.4. The number of rotatable bonds is 10. The fraction of sp³-hybridized carbons (Fsp3) is 0.483. The van der Waals surface area contributed by atoms with Gasteiger partial charge in [0, 0.05) is 38.1 Å². The maximum atomic E-state index is 14.0. The molecular formula is C29H33ClF3N7O4. The second-order valence-electron chi connectivity index (χ2n) is 10.8. The van der Waals surface area contributed by atoms with Crippen LogP contribution in [0.5, 0.6) is 5.75 Å². The Morgan fingerprint density at radius 2 is 1.73 bits per heavy atom. The van der Waals surface area contributed by atoms with Crippen LogP contribution in [0.15, 0.2) is 47.7 Å². The van der Waals surface area contributed by atoms with Crippen LogP contribution in [0, 0.1) is 0 Å². The summed E-state index contributed by atoms with van der Waals surface area (Å²) in [5, 5.41) is 7.15. The number of nitrogens with one attached hydrogen (secondary N) is 1. The Balaban J connectivity index is 1.16. The monoisotopic (exact) mass is 635 g/mol. The number of ether oxygens (including phenoxy) is 2. The Morgan fingerprint density at radius 1 is 1.05 bits per heavy atom. The van der Waals surface area contributed by atoms with Gasteiger partial charge in [0.1, 0.15) is 17.4 Å². The summed E-state index contributed by atoms with van der Waals surface area (Å²) in [5.41, 5.74) is -2.46. The molecule has 11 nitrogen and oxygen atoms in total. The van der Waals surface area contributed by atoms with Crippen LogP contribution < -0.4 is 20.5 Å². The summed E-state index contributed by atoms with van der Waals surface area (Å²) in [4.78, 5) is 38.4. The summed E-state index contributed by atoms with van der Waals surface area (Å²) >= 11 is 5.88. The summed E-state index contributed by atoms with van der Waals surface area (Å²) in [5.74, 6) is 1.05. The van der Waals surface area contributed by atoms with E-state index in [0.717, 1.165) is 23.7 Å². The zero-order valence-electron chi connectivity index (χ0n) is 24.3. The largest absolute Gasteiger partial charge is 0.497 e. The van der Waals surface area contributed by atoms with E-state index in [0.29, 0.717) is 48.3 Å². The Labute approximate surface area is 256 Å². The van der Waals surface area contributed by atoms with Crippen molar-refractivity contribution in [3.8, 4) is 5.75 Å². The van der Waals surface area contributed by atoms with Crippen LogP contribution in [0.25, 0.3) is 0 Å². The van der Waals surface area contributed by atoms with Crippen molar-refractivity contribution in [3.05, 3.63) is 69.4 Å². The van der Waals surface area contributed by atoms with Gasteiger partial charge in [0.25, 0.3) is 11.5 Å². The first-order valence-corrected chi connectivity index (χ1v) is 14.6. The Kier molecular flexibility index (Phi) is 9.59. The Bertz CT molecular complexity index is 1500. The molecular weight excluding hydrogens is 603 g/mol. The fourth-order valence-electron chi connectivity index (χ4n) is 5.49. The van der Waals surface area contributed by atoms with E-state index < -0.39 is 35.1 Å². The zero-order valence-corrected chi connectivity index (χ0v) is 25.0. The van der Waals surface area contributed by atoms with E-state index in [9.17, 15) is 22.8 Å². The van der Waals surface area contributed by atoms with Crippen molar-refractivity contribution in [3.63, 3.8) is 0 Å². The van der Waals surface area contributed by atoms with Crippen LogP contribution in [-0.4, -0.2) is 82.1 Å². The molecule has 15 heteroatoms. The first-order valence-electron chi connectivity index (χ1n) is 14.2. The van der Waals surface area contributed by atoms with Gasteiger partial charge >= 0.3 is 6.18 Å². The van der Waals surface area contributed by atoms with Crippen LogP contribution in [0.3, 0.4) is 0 Å². The molecule has 1 N–H and O–H groups in total. The molecule has 44 heavy (non-hydrogen) atoms. The van der Waals surface area contributed by atoms with Gasteiger partial charge in [-0.05, 0) is 37.5 Å². The number of methoxy groups -OCH3 is 1. The summed E-state index contributed by atoms with van der Waals surface area (Å²) in [6.45, 7) is 3.37. The number of carbonyl (C=O) groups is 1. The van der Waals surface area contributed by atoms with Gasteiger partial charge in [0.2, 0.25) is 5.95 Å². The second-order valence-corrected chi connectivity index (χ2v) is 11.3. The molecule has 2 aliphatic heterocycles. The maximum Gasteiger partial charge on any atom is 0.423 e. The van der Waals surface area contributed by atoms with Gasteiger partial charge in [-0.15, -0.1) is 0 Å². The minimum Gasteiger partial charge on any atom is -0.497 e. The number of hydrogen-bond acceptors (Lipinski definition) is 9. The molecule has 0 spiro atoms. The molecule has 2 aliphatic rings. The smallest absolute Gasteiger partial charge is 0.423 e. The van der Waals surface area contributed by atoms with Crippen LogP contribution in [0.2, 0.25) is 5.02 Å². The van der Waals surface area contributed by atoms with Crippen molar-refractivity contribution in [1.82, 2.24) is 24.6 Å². The van der Waals surface area contributed by atoms with E-state index in [4.69, 9.17) is 21.1 Å². The van der Waals surface area contributed by atoms with Gasteiger partial charge in [0.15, 0.2) is 0 Å². The first kappa shape index (κ1) is 31.5. The molecule has 1 aromatic carbocycles. The number of hydrogen-bond donors (Lipinski definition) is 1. The SMILES string of the molecule is COc1ccc(Cn2ncc(NC(C)COC3CCN(C4CCN(c5ncc(Cl)cn5)CC4)C3=O)c(C(F)(F)F)c2=O)cc1. The van der Waals surface area contributed by atoms with Gasteiger partial charge in [-0.3, -0.25) is 9.59 Å². The van der Waals surface area contributed by atoms with E-state index in [1.807, 2.05) is 4.90 Å². The van der Waals surface area contributed by atoms with Crippen molar-refractivity contribution in [2.24, 2.45) is 0 Å². The highest BCUT2D eigenvalue weighted by atomic mass is 35.5. The number of nitrogens with zero attached hydrogens (tertiary/aromatic N) is 6. The van der Waals surface area contributed by atoms with E-state index >= 15 is 0 Å². The summed E-state index contributed by atoms with van der Waals surface area (Å²) in [6, 6.07) is 6.02. The van der Waals surface area contributed by atoms with Crippen LogP contribution >= 0.6 is 11.6 Å². The molecule has 3 aromatic rings. The average molecular weight is 636 g/mol. The lowest BCUT2D eigenvalue weighted by molar-refractivity contribution is -0.139. The highest BCUT2D eigenvalue weighted by molar-refractivity contribution is 6.30. The third-order valence-corrected chi connectivity index (χ3v) is 7.95. The van der Waals surface area contributed by atoms with Crippen molar-refractivity contribution in [2.75, 3.05) is 43.6 Å². The van der Waals surface area contributed by atoms with Crippen molar-refractivity contribution >= 4 is 29.1 Å². The number of aromatic nitrogens is 4. The Hall–Kier alpha value is -3.91. The van der Waals surface area contributed by atoms with Gasteiger partial charge in [-0.1, -0.05) is 23.7 Å². The molecule has 2 saturated heterocycles. The fourth-order valence-corrected chi connectivity index (χ4v) is 5.59. The van der Waals surface area contributed by atoms with Crippen LogP contribution in [-0.2, 0) is 22.3 Å². The van der Waals surface area contributed by atoms with E-state index in [2.05, 4.69) is 25.3 Å². The lowest BCUT2D eigenvalue weighted by atomic mass is 10.0. The highest BCUT2D eigenvalue weighted by Crippen LogP contribution is 2.32. The molecule has 1 amide bonds. The predicted octanol–water partition coefficient (Wildman–Crippen LogP) is 3.85. The normalized spacial score (nSPS) is 18.5. The molecule has 4 heterocycles. The van der Waals surface area contributed by atoms with E-state index in [-0.39, 0.29) is 25.1 Å². The van der Waals surface area contributed by atoms with E-state index in [1.54, 1.807) is 43.6 Å². The van der Waals surface area contributed by atoms with Crippen molar-refractivity contribution in [2.45, 2.75) is 57.1 Å². The van der Waals surface area contributed by atoms with Gasteiger partial charge < -0.3 is 24.6 Å². The standard InChI is InChI=1S/C29H33ClF3N7O4/c1-18(37-23-15-36-40(27(42)25(23)29(31,32)33)16-19-3-5-22(43-2)6-4-19)17-44-24-9-12-39(26(24)41)21-7-10-38(11-8-21)28-34-13-20(30)14-35-28/h3-6,13-15,18,21,24,37H,7-12,16-17H2,1-2H3. The predicted molar refractivity (Wildman–Crippen MR) is 157 cm³/mol. The number of carbonyl (C=O) groups excluding carboxylic acids is 1. The molecule has 2 atom stereocenters. The molecule has 0 bridgehead atoms. The number of piperidine rings is 1. The Morgan fingerprint density at radius 3 is 2.36 bits per heavy atom. The van der Waals surface area contributed by atoms with Crippen molar-refractivity contribution < 1.29 is 27.4 Å². The molecule has 236 valence electrons. The summed E-state index contributed by atoms with van der Waals surface area (Å²) < 4.78 is 53.8. The number of anilines is 2. The molecule has 2 fully saturated rings. The molecule has 5 rings (SSSR count). The molecule has 2 aromatic heterocycles. The summed E-state index contributed by atoms with van der Waals surface area (Å²) in [6.07, 6.45) is 0.485. The van der Waals surface area contributed by atoms with Crippen LogP contribution in [0.1, 0.15) is 37.3 Å². The minimum atomic E-state index is -4.91. The third-order valence-electron chi connectivity index (χ3n) is 7.75. The number of amides is 1. The van der Waals surface area contributed by atoms with Gasteiger partial charge in [0.05, 0.1) is 49.6 Å². The minimum absolute atomic E-state index is 0.0389. The zero-order chi connectivity index (χ0) is 31.4. The number of likely N-dealkylation sites (tertiary alicyclic amines) is 1. The lowest BCUT2D eigenvalue weighted by Crippen LogP contribution is -2.47. The number of alkyl halides is 3. The summed E-state index contributed by atoms with van der Waals surface area (Å²) in [7, 11) is 1.50. The lowest BCUT2D eigenvalue weighted by Gasteiger charge is -2.36.